The number of rotatable bonds is 7. The van der Waals surface area contributed by atoms with E-state index in [0.717, 1.165) is 31.5 Å². The number of aromatic nitrogens is 3. The second-order valence-corrected chi connectivity index (χ2v) is 8.80. The molecule has 4 rings (SSSR count). The van der Waals surface area contributed by atoms with E-state index in [9.17, 15) is 4.79 Å². The fraction of sp³-hybridized carbons (Fsp3) is 0.609. The molecule has 1 amide bonds. The molecule has 1 saturated carbocycles. The van der Waals surface area contributed by atoms with E-state index < -0.39 is 0 Å². The Labute approximate surface area is 193 Å². The zero-order valence-electron chi connectivity index (χ0n) is 19.5. The number of likely N-dealkylation sites (N-methyl/N-ethyl adjacent to an activating group) is 1. The van der Waals surface area contributed by atoms with Crippen molar-refractivity contribution < 1.29 is 24.0 Å². The van der Waals surface area contributed by atoms with Crippen LogP contribution in [0.2, 0.25) is 0 Å². The summed E-state index contributed by atoms with van der Waals surface area (Å²) in [7, 11) is 6.04. The Morgan fingerprint density at radius 3 is 2.58 bits per heavy atom. The maximum atomic E-state index is 12.8. The summed E-state index contributed by atoms with van der Waals surface area (Å²) < 4.78 is 11.1. The first-order chi connectivity index (χ1) is 16.0. The van der Waals surface area contributed by atoms with E-state index in [2.05, 4.69) is 39.0 Å². The Kier molecular flexibility index (Phi) is 8.90. The zero-order valence-corrected chi connectivity index (χ0v) is 19.5. The van der Waals surface area contributed by atoms with E-state index in [4.69, 9.17) is 19.2 Å². The van der Waals surface area contributed by atoms with Gasteiger partial charge in [0.1, 0.15) is 0 Å². The van der Waals surface area contributed by atoms with Crippen LogP contribution in [0.4, 0.5) is 0 Å². The van der Waals surface area contributed by atoms with Crippen molar-refractivity contribution in [3.8, 4) is 11.4 Å². The maximum absolute atomic E-state index is 12.8. The van der Waals surface area contributed by atoms with Gasteiger partial charge in [0.05, 0.1) is 6.10 Å². The van der Waals surface area contributed by atoms with Crippen molar-refractivity contribution in [2.75, 3.05) is 34.3 Å². The Morgan fingerprint density at radius 1 is 1.27 bits per heavy atom. The highest BCUT2D eigenvalue weighted by molar-refractivity contribution is 5.76. The number of amides is 1. The van der Waals surface area contributed by atoms with Crippen molar-refractivity contribution in [2.45, 2.75) is 44.2 Å². The molecule has 10 nitrogen and oxygen atoms in total. The topological polar surface area (TPSA) is 122 Å². The lowest BCUT2D eigenvalue weighted by atomic mass is 9.77. The quantitative estimate of drug-likeness (QED) is 0.619. The molecule has 0 aromatic carbocycles. The van der Waals surface area contributed by atoms with Crippen molar-refractivity contribution in [3.63, 3.8) is 0 Å². The van der Waals surface area contributed by atoms with Gasteiger partial charge in [0.2, 0.25) is 17.6 Å². The zero-order chi connectivity index (χ0) is 23.8. The number of aryl methyl sites for hydroxylation is 1. The van der Waals surface area contributed by atoms with Gasteiger partial charge in [-0.2, -0.15) is 4.98 Å². The third kappa shape index (κ3) is 6.35. The smallest absolute Gasteiger partial charge is 0.290 e. The summed E-state index contributed by atoms with van der Waals surface area (Å²) in [6.07, 6.45) is 7.62. The molecule has 1 aliphatic heterocycles. The number of likely N-dealkylation sites (tertiary alicyclic amines) is 1. The van der Waals surface area contributed by atoms with Gasteiger partial charge in [-0.05, 0) is 57.3 Å². The number of carbonyl (C=O) groups is 2. The van der Waals surface area contributed by atoms with Crippen molar-refractivity contribution in [2.24, 2.45) is 11.8 Å². The average molecular weight is 460 g/mol. The van der Waals surface area contributed by atoms with E-state index in [-0.39, 0.29) is 18.5 Å². The third-order valence-electron chi connectivity index (χ3n) is 6.59. The molecule has 2 aromatic rings. The van der Waals surface area contributed by atoms with Crippen LogP contribution in [-0.2, 0) is 20.7 Å². The lowest BCUT2D eigenvalue weighted by Crippen LogP contribution is -2.47. The molecule has 0 unspecified atom stereocenters. The molecule has 1 N–H and O–H groups in total. The van der Waals surface area contributed by atoms with Gasteiger partial charge >= 0.3 is 0 Å². The summed E-state index contributed by atoms with van der Waals surface area (Å²) in [6.45, 7) is 1.48. The van der Waals surface area contributed by atoms with Gasteiger partial charge in [-0.15, -0.1) is 0 Å². The van der Waals surface area contributed by atoms with Crippen molar-refractivity contribution in [3.05, 3.63) is 30.4 Å². The molecule has 1 saturated heterocycles. The SMILES string of the molecule is CO[C@@H]1C[C@H]2CN(C(=O)CCCc3nc(-c4ccncc4)no3)C[C@H]2C[C@H]1N(C)C.O=CO. The van der Waals surface area contributed by atoms with Gasteiger partial charge in [-0.1, -0.05) is 5.16 Å². The highest BCUT2D eigenvalue weighted by Crippen LogP contribution is 2.39. The molecule has 10 heteroatoms. The molecule has 2 aliphatic rings. The summed E-state index contributed by atoms with van der Waals surface area (Å²) in [6, 6.07) is 4.12. The molecule has 33 heavy (non-hydrogen) atoms. The van der Waals surface area contributed by atoms with Crippen LogP contribution in [0.5, 0.6) is 0 Å². The van der Waals surface area contributed by atoms with E-state index in [1.165, 1.54) is 0 Å². The number of ether oxygens (including phenoxy) is 1. The number of nitrogens with zero attached hydrogens (tertiary/aromatic N) is 5. The molecule has 2 aromatic heterocycles. The number of hydrogen-bond acceptors (Lipinski definition) is 8. The van der Waals surface area contributed by atoms with Crippen LogP contribution in [0.1, 0.15) is 31.6 Å². The highest BCUT2D eigenvalue weighted by Gasteiger charge is 2.44. The second kappa shape index (κ2) is 11.9. The normalized spacial score (nSPS) is 24.2. The van der Waals surface area contributed by atoms with Gasteiger partial charge in [0.15, 0.2) is 0 Å². The van der Waals surface area contributed by atoms with Crippen molar-refractivity contribution in [1.82, 2.24) is 24.9 Å². The minimum absolute atomic E-state index is 0.230. The van der Waals surface area contributed by atoms with Crippen LogP contribution in [-0.4, -0.2) is 88.9 Å². The standard InChI is InChI=1S/C22H31N5O3.CH2O2/c1-26(2)18-11-16-13-27(14-17(16)12-19(18)29-3)21(28)6-4-5-20-24-22(25-30-20)15-7-9-23-10-8-15;2-1-3/h7-10,16-19H,4-6,11-14H2,1-3H3;1H,(H,2,3)/t16-,17+,18-,19-;/m1./s1. The summed E-state index contributed by atoms with van der Waals surface area (Å²) in [5.41, 5.74) is 0.876. The number of methoxy groups -OCH3 is 1. The molecule has 1 aliphatic carbocycles. The maximum Gasteiger partial charge on any atom is 0.290 e. The highest BCUT2D eigenvalue weighted by atomic mass is 16.5. The predicted molar refractivity (Wildman–Crippen MR) is 120 cm³/mol. The largest absolute Gasteiger partial charge is 0.483 e. The molecule has 0 bridgehead atoms. The molecule has 0 radical (unpaired) electrons. The first-order valence-electron chi connectivity index (χ1n) is 11.2. The van der Waals surface area contributed by atoms with Gasteiger partial charge in [-0.25, -0.2) is 0 Å². The van der Waals surface area contributed by atoms with Crippen molar-refractivity contribution >= 4 is 12.4 Å². The molecule has 3 heterocycles. The average Bonchev–Trinajstić information content (AvgIpc) is 3.46. The van der Waals surface area contributed by atoms with E-state index in [1.807, 2.05) is 12.1 Å². The first kappa shape index (κ1) is 24.8. The number of carboxylic acid groups (broad SMARTS) is 1. The van der Waals surface area contributed by atoms with Crippen LogP contribution in [0.3, 0.4) is 0 Å². The molecular weight excluding hydrogens is 426 g/mol. The van der Waals surface area contributed by atoms with Crippen LogP contribution >= 0.6 is 0 Å². The summed E-state index contributed by atoms with van der Waals surface area (Å²) in [5.74, 6) is 2.49. The monoisotopic (exact) mass is 459 g/mol. The predicted octanol–water partition coefficient (Wildman–Crippen LogP) is 1.97. The van der Waals surface area contributed by atoms with Crippen LogP contribution in [0.25, 0.3) is 11.4 Å². The molecule has 0 spiro atoms. The number of fused-ring (bicyclic) bond motifs is 1. The lowest BCUT2D eigenvalue weighted by Gasteiger charge is -2.40. The van der Waals surface area contributed by atoms with Gasteiger partial charge in [0, 0.05) is 57.0 Å². The number of carbonyl (C=O) groups excluding carboxylic acids is 1. The fourth-order valence-corrected chi connectivity index (χ4v) is 4.91. The van der Waals surface area contributed by atoms with E-state index >= 15 is 0 Å². The Hall–Kier alpha value is -2.85. The van der Waals surface area contributed by atoms with Gasteiger partial charge in [-0.3, -0.25) is 14.6 Å². The number of pyridine rings is 1. The first-order valence-corrected chi connectivity index (χ1v) is 11.2. The van der Waals surface area contributed by atoms with E-state index in [0.29, 0.717) is 48.9 Å². The summed E-state index contributed by atoms with van der Waals surface area (Å²) in [4.78, 5) is 33.9. The lowest BCUT2D eigenvalue weighted by molar-refractivity contribution is -0.130. The second-order valence-electron chi connectivity index (χ2n) is 8.80. The number of hydrogen-bond donors (Lipinski definition) is 1. The summed E-state index contributed by atoms with van der Waals surface area (Å²) in [5, 5.41) is 10.9. The van der Waals surface area contributed by atoms with Crippen LogP contribution in [0.15, 0.2) is 29.0 Å². The minimum Gasteiger partial charge on any atom is -0.483 e. The molecule has 2 fully saturated rings. The van der Waals surface area contributed by atoms with Crippen molar-refractivity contribution in [1.29, 1.82) is 0 Å². The molecule has 4 atom stereocenters. The van der Waals surface area contributed by atoms with Crippen LogP contribution in [0, 0.1) is 11.8 Å². The van der Waals surface area contributed by atoms with Crippen LogP contribution < -0.4 is 0 Å². The fourth-order valence-electron chi connectivity index (χ4n) is 4.91. The van der Waals surface area contributed by atoms with Gasteiger partial charge in [0.25, 0.3) is 6.47 Å². The Morgan fingerprint density at radius 2 is 1.94 bits per heavy atom. The Bertz CT molecular complexity index is 890. The third-order valence-corrected chi connectivity index (χ3v) is 6.59. The molecular formula is C23H33N5O5. The minimum atomic E-state index is -0.250. The Balaban J connectivity index is 0.000000968. The molecule has 180 valence electrons. The van der Waals surface area contributed by atoms with Gasteiger partial charge < -0.3 is 24.2 Å². The van der Waals surface area contributed by atoms with E-state index in [1.54, 1.807) is 19.5 Å². The summed E-state index contributed by atoms with van der Waals surface area (Å²) >= 11 is 0.